The van der Waals surface area contributed by atoms with Crippen LogP contribution in [0.2, 0.25) is 0 Å². The van der Waals surface area contributed by atoms with Crippen molar-refractivity contribution in [2.75, 3.05) is 0 Å². The first-order valence-electron chi connectivity index (χ1n) is 9.77. The Morgan fingerprint density at radius 2 is 1.48 bits per heavy atom. The average molecular weight is 385 g/mol. The molecule has 3 aromatic carbocycles. The number of carbonyl (C=O) groups excluding carboxylic acids is 1. The number of carbonyl (C=O) groups is 1. The van der Waals surface area contributed by atoms with Crippen molar-refractivity contribution in [3.8, 4) is 0 Å². The molecule has 1 amide bonds. The molecular weight excluding hydrogens is 362 g/mol. The van der Waals surface area contributed by atoms with Crippen LogP contribution in [0.3, 0.4) is 0 Å². The SMILES string of the molecule is CC(NC(=O)c1nn(C(C)C)c(=O)c2ccccc12)c1cccc2ccccc12. The fourth-order valence-corrected chi connectivity index (χ4v) is 3.70. The minimum atomic E-state index is -0.295. The van der Waals surface area contributed by atoms with Crippen molar-refractivity contribution in [3.63, 3.8) is 0 Å². The maximum Gasteiger partial charge on any atom is 0.274 e. The molecule has 0 radical (unpaired) electrons. The first kappa shape index (κ1) is 18.9. The van der Waals surface area contributed by atoms with Crippen LogP contribution in [0.5, 0.6) is 0 Å². The molecule has 0 fully saturated rings. The van der Waals surface area contributed by atoms with Crippen LogP contribution >= 0.6 is 0 Å². The maximum absolute atomic E-state index is 13.2. The van der Waals surface area contributed by atoms with Crippen LogP contribution in [0.1, 0.15) is 48.9 Å². The Balaban J connectivity index is 1.76. The van der Waals surface area contributed by atoms with Gasteiger partial charge in [0.25, 0.3) is 11.5 Å². The van der Waals surface area contributed by atoms with Gasteiger partial charge in [0.05, 0.1) is 17.5 Å². The van der Waals surface area contributed by atoms with Crippen LogP contribution in [0, 0.1) is 0 Å². The Hall–Kier alpha value is -3.47. The number of amides is 1. The highest BCUT2D eigenvalue weighted by Gasteiger charge is 2.20. The van der Waals surface area contributed by atoms with E-state index >= 15 is 0 Å². The number of hydrogen-bond acceptors (Lipinski definition) is 3. The van der Waals surface area contributed by atoms with E-state index in [1.807, 2.05) is 51.1 Å². The lowest BCUT2D eigenvalue weighted by Crippen LogP contribution is -2.32. The summed E-state index contributed by atoms with van der Waals surface area (Å²) in [6, 6.07) is 20.9. The molecule has 0 saturated carbocycles. The van der Waals surface area contributed by atoms with Gasteiger partial charge in [-0.15, -0.1) is 0 Å². The summed E-state index contributed by atoms with van der Waals surface area (Å²) in [6.07, 6.45) is 0. The number of benzene rings is 3. The van der Waals surface area contributed by atoms with E-state index in [0.29, 0.717) is 10.8 Å². The Morgan fingerprint density at radius 3 is 2.21 bits per heavy atom. The Morgan fingerprint density at radius 1 is 0.862 bits per heavy atom. The molecule has 1 unspecified atom stereocenters. The molecule has 29 heavy (non-hydrogen) atoms. The van der Waals surface area contributed by atoms with Crippen LogP contribution < -0.4 is 10.9 Å². The number of nitrogens with one attached hydrogen (secondary N) is 1. The van der Waals surface area contributed by atoms with Crippen LogP contribution in [0.25, 0.3) is 21.5 Å². The monoisotopic (exact) mass is 385 g/mol. The van der Waals surface area contributed by atoms with Gasteiger partial charge in [-0.3, -0.25) is 9.59 Å². The third-order valence-electron chi connectivity index (χ3n) is 5.17. The standard InChI is InChI=1S/C24H23N3O2/c1-15(2)27-24(29)21-13-7-6-12-20(21)22(26-27)23(28)25-16(3)18-14-8-10-17-9-4-5-11-19(17)18/h4-16H,1-3H3,(H,25,28). The predicted octanol–water partition coefficient (Wildman–Crippen LogP) is 4.62. The van der Waals surface area contributed by atoms with Crippen molar-refractivity contribution in [1.82, 2.24) is 15.1 Å². The lowest BCUT2D eigenvalue weighted by Gasteiger charge is -2.18. The lowest BCUT2D eigenvalue weighted by molar-refractivity contribution is 0.0934. The maximum atomic E-state index is 13.2. The third kappa shape index (κ3) is 3.40. The van der Waals surface area contributed by atoms with E-state index in [1.54, 1.807) is 18.2 Å². The summed E-state index contributed by atoms with van der Waals surface area (Å²) in [5, 5.41) is 10.8. The third-order valence-corrected chi connectivity index (χ3v) is 5.17. The molecule has 1 heterocycles. The number of nitrogens with zero attached hydrogens (tertiary/aromatic N) is 2. The van der Waals surface area contributed by atoms with Crippen molar-refractivity contribution < 1.29 is 4.79 Å². The summed E-state index contributed by atoms with van der Waals surface area (Å²) in [5.41, 5.74) is 1.12. The highest BCUT2D eigenvalue weighted by molar-refractivity contribution is 6.05. The molecule has 146 valence electrons. The summed E-state index contributed by atoms with van der Waals surface area (Å²) in [5.74, 6) is -0.295. The first-order valence-corrected chi connectivity index (χ1v) is 9.77. The molecule has 4 aromatic rings. The highest BCUT2D eigenvalue weighted by Crippen LogP contribution is 2.24. The Bertz CT molecular complexity index is 1270. The van der Waals surface area contributed by atoms with Gasteiger partial charge in [0.15, 0.2) is 5.69 Å². The second-order valence-electron chi connectivity index (χ2n) is 7.50. The summed E-state index contributed by atoms with van der Waals surface area (Å²) in [6.45, 7) is 5.72. The lowest BCUT2D eigenvalue weighted by atomic mass is 9.99. The Kier molecular flexibility index (Phi) is 4.89. The van der Waals surface area contributed by atoms with Gasteiger partial charge >= 0.3 is 0 Å². The van der Waals surface area contributed by atoms with E-state index < -0.39 is 0 Å². The average Bonchev–Trinajstić information content (AvgIpc) is 2.73. The second kappa shape index (κ2) is 7.51. The fraction of sp³-hybridized carbons (Fsp3) is 0.208. The summed E-state index contributed by atoms with van der Waals surface area (Å²) < 4.78 is 1.37. The predicted molar refractivity (Wildman–Crippen MR) is 116 cm³/mol. The zero-order valence-corrected chi connectivity index (χ0v) is 16.7. The quantitative estimate of drug-likeness (QED) is 0.557. The van der Waals surface area contributed by atoms with Crippen LogP contribution in [-0.2, 0) is 0 Å². The minimum Gasteiger partial charge on any atom is -0.344 e. The van der Waals surface area contributed by atoms with E-state index in [0.717, 1.165) is 16.3 Å². The van der Waals surface area contributed by atoms with Crippen molar-refractivity contribution in [1.29, 1.82) is 0 Å². The fourth-order valence-electron chi connectivity index (χ4n) is 3.70. The van der Waals surface area contributed by atoms with Gasteiger partial charge in [-0.25, -0.2) is 4.68 Å². The van der Waals surface area contributed by atoms with Crippen LogP contribution in [-0.4, -0.2) is 15.7 Å². The Labute approximate surface area is 169 Å². The van der Waals surface area contributed by atoms with E-state index in [-0.39, 0.29) is 29.2 Å². The van der Waals surface area contributed by atoms with E-state index in [1.165, 1.54) is 4.68 Å². The highest BCUT2D eigenvalue weighted by atomic mass is 16.2. The van der Waals surface area contributed by atoms with Gasteiger partial charge in [-0.05, 0) is 43.2 Å². The van der Waals surface area contributed by atoms with Gasteiger partial charge < -0.3 is 5.32 Å². The molecule has 0 aliphatic heterocycles. The molecule has 0 bridgehead atoms. The van der Waals surface area contributed by atoms with Crippen molar-refractivity contribution >= 4 is 27.5 Å². The van der Waals surface area contributed by atoms with Crippen molar-refractivity contribution in [2.45, 2.75) is 32.9 Å². The second-order valence-corrected chi connectivity index (χ2v) is 7.50. The van der Waals surface area contributed by atoms with Gasteiger partial charge in [0, 0.05) is 5.39 Å². The molecule has 4 rings (SSSR count). The molecule has 5 heteroatoms. The molecule has 0 spiro atoms. The topological polar surface area (TPSA) is 64.0 Å². The number of hydrogen-bond donors (Lipinski definition) is 1. The molecule has 1 atom stereocenters. The van der Waals surface area contributed by atoms with Crippen LogP contribution in [0.4, 0.5) is 0 Å². The summed E-state index contributed by atoms with van der Waals surface area (Å²) in [4.78, 5) is 25.9. The van der Waals surface area contributed by atoms with Crippen LogP contribution in [0.15, 0.2) is 71.5 Å². The van der Waals surface area contributed by atoms with Gasteiger partial charge in [-0.1, -0.05) is 60.7 Å². The minimum absolute atomic E-state index is 0.144. The normalized spacial score (nSPS) is 12.4. The molecule has 1 aromatic heterocycles. The zero-order chi connectivity index (χ0) is 20.5. The molecule has 0 aliphatic rings. The molecular formula is C24H23N3O2. The first-order chi connectivity index (χ1) is 14.0. The molecule has 0 saturated heterocycles. The van der Waals surface area contributed by atoms with E-state index in [4.69, 9.17) is 0 Å². The van der Waals surface area contributed by atoms with Gasteiger partial charge in [0.1, 0.15) is 0 Å². The smallest absolute Gasteiger partial charge is 0.274 e. The number of fused-ring (bicyclic) bond motifs is 2. The summed E-state index contributed by atoms with van der Waals surface area (Å²) in [7, 11) is 0. The largest absolute Gasteiger partial charge is 0.344 e. The molecule has 0 aliphatic carbocycles. The molecule has 1 N–H and O–H groups in total. The van der Waals surface area contributed by atoms with Gasteiger partial charge in [-0.2, -0.15) is 5.10 Å². The summed E-state index contributed by atoms with van der Waals surface area (Å²) >= 11 is 0. The van der Waals surface area contributed by atoms with E-state index in [2.05, 4.69) is 28.6 Å². The molecule has 5 nitrogen and oxygen atoms in total. The van der Waals surface area contributed by atoms with Crippen molar-refractivity contribution in [3.05, 3.63) is 88.3 Å². The van der Waals surface area contributed by atoms with E-state index in [9.17, 15) is 9.59 Å². The number of rotatable bonds is 4. The number of aromatic nitrogens is 2. The van der Waals surface area contributed by atoms with Gasteiger partial charge in [0.2, 0.25) is 0 Å². The zero-order valence-electron chi connectivity index (χ0n) is 16.7. The van der Waals surface area contributed by atoms with Crippen molar-refractivity contribution in [2.24, 2.45) is 0 Å².